The van der Waals surface area contributed by atoms with Gasteiger partial charge in [-0.25, -0.2) is 4.79 Å². The van der Waals surface area contributed by atoms with Crippen LogP contribution in [-0.2, 0) is 11.2 Å². The molecule has 1 N–H and O–H groups in total. The van der Waals surface area contributed by atoms with E-state index in [2.05, 4.69) is 18.3 Å². The highest BCUT2D eigenvalue weighted by molar-refractivity contribution is 5.73. The Kier molecular flexibility index (Phi) is 6.28. The SMILES string of the molecule is CCc1cccc(OCCN(C)C(=O)NCC2(C)CCCO2)c1. The van der Waals surface area contributed by atoms with Gasteiger partial charge in [-0.1, -0.05) is 19.1 Å². The number of benzene rings is 1. The van der Waals surface area contributed by atoms with Crippen molar-refractivity contribution >= 4 is 6.03 Å². The van der Waals surface area contributed by atoms with Crippen LogP contribution in [0.1, 0.15) is 32.3 Å². The minimum atomic E-state index is -0.215. The van der Waals surface area contributed by atoms with Gasteiger partial charge in [-0.15, -0.1) is 0 Å². The van der Waals surface area contributed by atoms with E-state index >= 15 is 0 Å². The van der Waals surface area contributed by atoms with Crippen molar-refractivity contribution in [2.24, 2.45) is 0 Å². The summed E-state index contributed by atoms with van der Waals surface area (Å²) in [6.45, 7) is 6.52. The van der Waals surface area contributed by atoms with E-state index in [1.54, 1.807) is 11.9 Å². The summed E-state index contributed by atoms with van der Waals surface area (Å²) in [5.74, 6) is 0.852. The number of amides is 2. The van der Waals surface area contributed by atoms with Gasteiger partial charge < -0.3 is 19.7 Å². The molecule has 1 aliphatic heterocycles. The van der Waals surface area contributed by atoms with E-state index in [0.29, 0.717) is 19.7 Å². The second kappa shape index (κ2) is 8.20. The Bertz CT molecular complexity index is 513. The normalized spacial score (nSPS) is 20.3. The van der Waals surface area contributed by atoms with Crippen molar-refractivity contribution < 1.29 is 14.3 Å². The van der Waals surface area contributed by atoms with Crippen LogP contribution in [0.25, 0.3) is 0 Å². The molecule has 1 fully saturated rings. The molecule has 1 atom stereocenters. The third-order valence-corrected chi connectivity index (χ3v) is 4.26. The fourth-order valence-corrected chi connectivity index (χ4v) is 2.63. The topological polar surface area (TPSA) is 50.8 Å². The lowest BCUT2D eigenvalue weighted by molar-refractivity contribution is 0.0220. The molecule has 2 amide bonds. The highest BCUT2D eigenvalue weighted by Gasteiger charge is 2.30. The third kappa shape index (κ3) is 5.43. The van der Waals surface area contributed by atoms with E-state index < -0.39 is 0 Å². The van der Waals surface area contributed by atoms with Gasteiger partial charge in [0.25, 0.3) is 0 Å². The number of carbonyl (C=O) groups is 1. The van der Waals surface area contributed by atoms with Crippen molar-refractivity contribution in [3.8, 4) is 5.75 Å². The summed E-state index contributed by atoms with van der Waals surface area (Å²) in [4.78, 5) is 13.7. The van der Waals surface area contributed by atoms with Crippen LogP contribution in [0.2, 0.25) is 0 Å². The number of ether oxygens (including phenoxy) is 2. The van der Waals surface area contributed by atoms with Crippen molar-refractivity contribution in [1.82, 2.24) is 10.2 Å². The average Bonchev–Trinajstić information content (AvgIpc) is 3.00. The maximum Gasteiger partial charge on any atom is 0.317 e. The number of nitrogens with one attached hydrogen (secondary N) is 1. The number of carbonyl (C=O) groups excluding carboxylic acids is 1. The van der Waals surface area contributed by atoms with E-state index in [1.165, 1.54) is 5.56 Å². The molecule has 128 valence electrons. The van der Waals surface area contributed by atoms with Crippen LogP contribution in [0, 0.1) is 0 Å². The predicted molar refractivity (Wildman–Crippen MR) is 90.9 cm³/mol. The first-order valence-electron chi connectivity index (χ1n) is 8.37. The highest BCUT2D eigenvalue weighted by atomic mass is 16.5. The van der Waals surface area contributed by atoms with E-state index in [1.807, 2.05) is 25.1 Å². The molecule has 1 saturated heterocycles. The molecule has 1 aliphatic rings. The Morgan fingerprint density at radius 1 is 1.48 bits per heavy atom. The number of aryl methyl sites for hydroxylation is 1. The van der Waals surface area contributed by atoms with E-state index in [-0.39, 0.29) is 11.6 Å². The van der Waals surface area contributed by atoms with Crippen molar-refractivity contribution in [3.63, 3.8) is 0 Å². The number of urea groups is 1. The van der Waals surface area contributed by atoms with Crippen molar-refractivity contribution in [2.45, 2.75) is 38.7 Å². The summed E-state index contributed by atoms with van der Waals surface area (Å²) in [5, 5.41) is 2.94. The first-order valence-corrected chi connectivity index (χ1v) is 8.37. The van der Waals surface area contributed by atoms with Gasteiger partial charge in [-0.05, 0) is 43.9 Å². The Hall–Kier alpha value is -1.75. The smallest absolute Gasteiger partial charge is 0.317 e. The first-order chi connectivity index (χ1) is 11.0. The van der Waals surface area contributed by atoms with Gasteiger partial charge in [0, 0.05) is 20.2 Å². The fraction of sp³-hybridized carbons (Fsp3) is 0.611. The van der Waals surface area contributed by atoms with Crippen molar-refractivity contribution in [3.05, 3.63) is 29.8 Å². The standard InChI is InChI=1S/C18H28N2O3/c1-4-15-7-5-8-16(13-15)22-12-10-20(3)17(21)19-14-18(2)9-6-11-23-18/h5,7-8,13H,4,6,9-12,14H2,1-3H3,(H,19,21). The minimum absolute atomic E-state index is 0.0902. The van der Waals surface area contributed by atoms with Gasteiger partial charge in [0.2, 0.25) is 0 Å². The van der Waals surface area contributed by atoms with Crippen LogP contribution in [-0.4, -0.2) is 49.9 Å². The molecule has 2 rings (SSSR count). The van der Waals surface area contributed by atoms with Crippen molar-refractivity contribution in [1.29, 1.82) is 0 Å². The van der Waals surface area contributed by atoms with Gasteiger partial charge in [0.05, 0.1) is 12.1 Å². The molecule has 1 unspecified atom stereocenters. The molecule has 1 aromatic carbocycles. The summed E-state index contributed by atoms with van der Waals surface area (Å²) < 4.78 is 11.4. The second-order valence-electron chi connectivity index (χ2n) is 6.33. The number of hydrogen-bond donors (Lipinski definition) is 1. The van der Waals surface area contributed by atoms with Gasteiger partial charge in [-0.3, -0.25) is 0 Å². The molecular formula is C18H28N2O3. The maximum absolute atomic E-state index is 12.1. The minimum Gasteiger partial charge on any atom is -0.492 e. The van der Waals surface area contributed by atoms with Crippen LogP contribution in [0.3, 0.4) is 0 Å². The van der Waals surface area contributed by atoms with Gasteiger partial charge >= 0.3 is 6.03 Å². The van der Waals surface area contributed by atoms with Gasteiger partial charge in [0.15, 0.2) is 0 Å². The number of rotatable bonds is 7. The van der Waals surface area contributed by atoms with Gasteiger partial charge in [-0.2, -0.15) is 0 Å². The molecule has 23 heavy (non-hydrogen) atoms. The number of nitrogens with zero attached hydrogens (tertiary/aromatic N) is 1. The first kappa shape index (κ1) is 17.6. The number of hydrogen-bond acceptors (Lipinski definition) is 3. The summed E-state index contributed by atoms with van der Waals surface area (Å²) in [5.41, 5.74) is 1.03. The molecule has 0 aromatic heterocycles. The Labute approximate surface area is 139 Å². The lowest BCUT2D eigenvalue weighted by atomic mass is 10.0. The zero-order valence-electron chi connectivity index (χ0n) is 14.4. The molecule has 1 heterocycles. The highest BCUT2D eigenvalue weighted by Crippen LogP contribution is 2.23. The van der Waals surface area contributed by atoms with E-state index in [9.17, 15) is 4.79 Å². The molecule has 0 radical (unpaired) electrons. The van der Waals surface area contributed by atoms with E-state index in [0.717, 1.165) is 31.6 Å². The van der Waals surface area contributed by atoms with Crippen LogP contribution in [0.15, 0.2) is 24.3 Å². The summed E-state index contributed by atoms with van der Waals surface area (Å²) in [6, 6.07) is 7.97. The summed E-state index contributed by atoms with van der Waals surface area (Å²) >= 11 is 0. The predicted octanol–water partition coefficient (Wildman–Crippen LogP) is 2.84. The lowest BCUT2D eigenvalue weighted by Gasteiger charge is -2.25. The van der Waals surface area contributed by atoms with E-state index in [4.69, 9.17) is 9.47 Å². The van der Waals surface area contributed by atoms with Crippen LogP contribution >= 0.6 is 0 Å². The molecule has 1 aromatic rings. The van der Waals surface area contributed by atoms with Gasteiger partial charge in [0.1, 0.15) is 12.4 Å². The Morgan fingerprint density at radius 3 is 3.00 bits per heavy atom. The molecule has 0 saturated carbocycles. The lowest BCUT2D eigenvalue weighted by Crippen LogP contribution is -2.46. The zero-order valence-corrected chi connectivity index (χ0v) is 14.4. The Morgan fingerprint density at radius 2 is 2.30 bits per heavy atom. The molecule has 0 bridgehead atoms. The summed E-state index contributed by atoms with van der Waals surface area (Å²) in [7, 11) is 1.78. The van der Waals surface area contributed by atoms with Crippen LogP contribution in [0.4, 0.5) is 4.79 Å². The third-order valence-electron chi connectivity index (χ3n) is 4.26. The molecule has 0 spiro atoms. The second-order valence-corrected chi connectivity index (χ2v) is 6.33. The maximum atomic E-state index is 12.1. The zero-order chi connectivity index (χ0) is 16.7. The largest absolute Gasteiger partial charge is 0.492 e. The van der Waals surface area contributed by atoms with Crippen LogP contribution in [0.5, 0.6) is 5.75 Å². The van der Waals surface area contributed by atoms with Crippen LogP contribution < -0.4 is 10.1 Å². The monoisotopic (exact) mass is 320 g/mol. The molecule has 5 nitrogen and oxygen atoms in total. The molecule has 0 aliphatic carbocycles. The number of likely N-dealkylation sites (N-methyl/N-ethyl adjacent to an activating group) is 1. The fourth-order valence-electron chi connectivity index (χ4n) is 2.63. The average molecular weight is 320 g/mol. The molecular weight excluding hydrogens is 292 g/mol. The summed E-state index contributed by atoms with van der Waals surface area (Å²) in [6.07, 6.45) is 3.04. The Balaban J connectivity index is 1.69. The quantitative estimate of drug-likeness (QED) is 0.840. The van der Waals surface area contributed by atoms with Crippen molar-refractivity contribution in [2.75, 3.05) is 33.4 Å². The molecule has 5 heteroatoms.